The molecular formula is C22H21N3O6S2. The highest BCUT2D eigenvalue weighted by Gasteiger charge is 2.22. The molecule has 11 heteroatoms. The Bertz CT molecular complexity index is 1330. The van der Waals surface area contributed by atoms with Crippen molar-refractivity contribution < 1.29 is 22.7 Å². The maximum atomic E-state index is 12.8. The number of nitrogens with one attached hydrogen (secondary N) is 2. The summed E-state index contributed by atoms with van der Waals surface area (Å²) in [4.78, 5) is 41.9. The van der Waals surface area contributed by atoms with E-state index in [1.807, 2.05) is 6.92 Å². The van der Waals surface area contributed by atoms with E-state index in [0.717, 1.165) is 18.0 Å². The van der Waals surface area contributed by atoms with Gasteiger partial charge in [0.2, 0.25) is 15.7 Å². The third kappa shape index (κ3) is 6.08. The molecule has 3 rings (SSSR count). The quantitative estimate of drug-likeness (QED) is 0.267. The number of carbonyl (C=O) groups is 2. The van der Waals surface area contributed by atoms with Crippen molar-refractivity contribution in [2.24, 2.45) is 0 Å². The minimum absolute atomic E-state index is 0.0641. The van der Waals surface area contributed by atoms with Gasteiger partial charge in [-0.2, -0.15) is 0 Å². The van der Waals surface area contributed by atoms with E-state index in [2.05, 4.69) is 15.3 Å². The summed E-state index contributed by atoms with van der Waals surface area (Å²) in [5.74, 6) is -0.0726. The molecule has 0 aliphatic heterocycles. The first-order valence-corrected chi connectivity index (χ1v) is 12.3. The van der Waals surface area contributed by atoms with E-state index >= 15 is 0 Å². The fraction of sp³-hybridized carbons (Fsp3) is 0.182. The number of rotatable bonds is 9. The molecule has 0 atom stereocenters. The van der Waals surface area contributed by atoms with Crippen LogP contribution in [0, 0.1) is 0 Å². The Morgan fingerprint density at radius 1 is 1.15 bits per heavy atom. The number of nitrogens with zero attached hydrogens (tertiary/aromatic N) is 1. The van der Waals surface area contributed by atoms with Crippen LogP contribution in [0.2, 0.25) is 0 Å². The molecule has 0 bridgehead atoms. The number of hydrogen-bond donors (Lipinski definition) is 2. The van der Waals surface area contributed by atoms with Crippen LogP contribution < -0.4 is 15.6 Å². The molecule has 172 valence electrons. The van der Waals surface area contributed by atoms with Gasteiger partial charge in [0, 0.05) is 11.3 Å². The molecule has 0 saturated carbocycles. The van der Waals surface area contributed by atoms with Gasteiger partial charge < -0.3 is 15.0 Å². The van der Waals surface area contributed by atoms with Crippen molar-refractivity contribution >= 4 is 39.0 Å². The molecule has 1 aromatic heterocycles. The zero-order valence-corrected chi connectivity index (χ0v) is 19.5. The SMILES string of the molecule is CCOc1ccc(S(=O)(=O)c2cnc(SCC(=O)Nc3cccc(C(C)=O)c3)[nH]c2=O)cc1. The van der Waals surface area contributed by atoms with Crippen LogP contribution in [0.25, 0.3) is 0 Å². The highest BCUT2D eigenvalue weighted by molar-refractivity contribution is 7.99. The second-order valence-corrected chi connectivity index (χ2v) is 9.65. The topological polar surface area (TPSA) is 135 Å². The maximum absolute atomic E-state index is 12.8. The van der Waals surface area contributed by atoms with Crippen molar-refractivity contribution in [1.82, 2.24) is 9.97 Å². The van der Waals surface area contributed by atoms with Crippen LogP contribution >= 0.6 is 11.8 Å². The fourth-order valence-corrected chi connectivity index (χ4v) is 4.65. The van der Waals surface area contributed by atoms with Gasteiger partial charge in [-0.25, -0.2) is 13.4 Å². The number of thioether (sulfide) groups is 1. The van der Waals surface area contributed by atoms with E-state index in [9.17, 15) is 22.8 Å². The summed E-state index contributed by atoms with van der Waals surface area (Å²) in [5, 5.41) is 2.75. The minimum atomic E-state index is -4.08. The lowest BCUT2D eigenvalue weighted by Crippen LogP contribution is -2.20. The van der Waals surface area contributed by atoms with Crippen LogP contribution in [0.3, 0.4) is 0 Å². The Balaban J connectivity index is 1.68. The maximum Gasteiger partial charge on any atom is 0.270 e. The van der Waals surface area contributed by atoms with Crippen LogP contribution in [0.5, 0.6) is 5.75 Å². The predicted octanol–water partition coefficient (Wildman–Crippen LogP) is 2.93. The summed E-state index contributed by atoms with van der Waals surface area (Å²) in [6.45, 7) is 3.68. The fourth-order valence-electron chi connectivity index (χ4n) is 2.79. The second kappa shape index (κ2) is 10.5. The number of Topliss-reactive ketones (excluding diaryl/α,β-unsaturated/α-hetero) is 1. The van der Waals surface area contributed by atoms with Gasteiger partial charge in [0.15, 0.2) is 15.8 Å². The van der Waals surface area contributed by atoms with Crippen LogP contribution in [0.4, 0.5) is 5.69 Å². The van der Waals surface area contributed by atoms with Crippen LogP contribution in [0.15, 0.2) is 74.5 Å². The van der Waals surface area contributed by atoms with Crippen molar-refractivity contribution in [2.75, 3.05) is 17.7 Å². The number of ketones is 1. The molecule has 0 radical (unpaired) electrons. The molecule has 1 heterocycles. The summed E-state index contributed by atoms with van der Waals surface area (Å²) in [7, 11) is -4.08. The third-order valence-corrected chi connectivity index (χ3v) is 7.02. The van der Waals surface area contributed by atoms with Crippen molar-refractivity contribution in [3.8, 4) is 5.75 Å². The van der Waals surface area contributed by atoms with Crippen molar-refractivity contribution in [3.63, 3.8) is 0 Å². The number of aromatic amines is 1. The lowest BCUT2D eigenvalue weighted by Gasteiger charge is -2.07. The van der Waals surface area contributed by atoms with E-state index < -0.39 is 20.3 Å². The predicted molar refractivity (Wildman–Crippen MR) is 124 cm³/mol. The van der Waals surface area contributed by atoms with E-state index in [1.54, 1.807) is 24.3 Å². The van der Waals surface area contributed by atoms with Crippen molar-refractivity contribution in [3.05, 3.63) is 70.6 Å². The summed E-state index contributed by atoms with van der Waals surface area (Å²) in [6, 6.07) is 12.2. The standard InChI is InChI=1S/C22H21N3O6S2/c1-3-31-17-7-9-18(10-8-17)33(29,30)19-12-23-22(25-21(19)28)32-13-20(27)24-16-6-4-5-15(11-16)14(2)26/h4-12H,3,13H2,1-2H3,(H,24,27)(H,23,25,28). The normalized spacial score (nSPS) is 11.1. The van der Waals surface area contributed by atoms with Gasteiger partial charge >= 0.3 is 0 Å². The average molecular weight is 488 g/mol. The Morgan fingerprint density at radius 2 is 1.88 bits per heavy atom. The first-order chi connectivity index (χ1) is 15.7. The molecule has 0 saturated heterocycles. The van der Waals surface area contributed by atoms with E-state index in [4.69, 9.17) is 4.74 Å². The molecule has 3 aromatic rings. The van der Waals surface area contributed by atoms with E-state index in [0.29, 0.717) is 23.6 Å². The minimum Gasteiger partial charge on any atom is -0.494 e. The van der Waals surface area contributed by atoms with Crippen molar-refractivity contribution in [1.29, 1.82) is 0 Å². The van der Waals surface area contributed by atoms with Gasteiger partial charge in [-0.15, -0.1) is 0 Å². The number of amides is 1. The number of hydrogen-bond acceptors (Lipinski definition) is 8. The molecule has 0 aliphatic carbocycles. The highest BCUT2D eigenvalue weighted by Crippen LogP contribution is 2.22. The molecule has 0 spiro atoms. The summed E-state index contributed by atoms with van der Waals surface area (Å²) >= 11 is 0.938. The van der Waals surface area contributed by atoms with Gasteiger partial charge in [0.1, 0.15) is 5.75 Å². The van der Waals surface area contributed by atoms with Gasteiger partial charge in [0.05, 0.1) is 23.5 Å². The average Bonchev–Trinajstić information content (AvgIpc) is 2.78. The number of aromatic nitrogens is 2. The molecule has 2 N–H and O–H groups in total. The molecule has 0 aliphatic rings. The van der Waals surface area contributed by atoms with Crippen LogP contribution in [-0.4, -0.2) is 42.4 Å². The molecule has 2 aromatic carbocycles. The molecule has 0 fully saturated rings. The molecule has 0 unspecified atom stereocenters. The molecule has 33 heavy (non-hydrogen) atoms. The number of carbonyl (C=O) groups excluding carboxylic acids is 2. The van der Waals surface area contributed by atoms with Crippen LogP contribution in [0.1, 0.15) is 24.2 Å². The first-order valence-electron chi connectivity index (χ1n) is 9.81. The summed E-state index contributed by atoms with van der Waals surface area (Å²) in [5.41, 5.74) is 0.0956. The third-order valence-electron chi connectivity index (χ3n) is 4.37. The van der Waals surface area contributed by atoms with Crippen molar-refractivity contribution in [2.45, 2.75) is 28.8 Å². The lowest BCUT2D eigenvalue weighted by atomic mass is 10.1. The van der Waals surface area contributed by atoms with Gasteiger partial charge in [0.25, 0.3) is 5.56 Å². The number of anilines is 1. The van der Waals surface area contributed by atoms with Gasteiger partial charge in [-0.05, 0) is 50.2 Å². The van der Waals surface area contributed by atoms with E-state index in [1.165, 1.54) is 31.2 Å². The van der Waals surface area contributed by atoms with E-state index in [-0.39, 0.29) is 27.5 Å². The lowest BCUT2D eigenvalue weighted by molar-refractivity contribution is -0.113. The monoisotopic (exact) mass is 487 g/mol. The van der Waals surface area contributed by atoms with Crippen LogP contribution in [-0.2, 0) is 14.6 Å². The Kier molecular flexibility index (Phi) is 7.67. The Morgan fingerprint density at radius 3 is 2.52 bits per heavy atom. The number of ether oxygens (including phenoxy) is 1. The number of sulfone groups is 1. The highest BCUT2D eigenvalue weighted by atomic mass is 32.2. The zero-order chi connectivity index (χ0) is 24.0. The molecule has 9 nitrogen and oxygen atoms in total. The number of H-pyrrole nitrogens is 1. The molecular weight excluding hydrogens is 466 g/mol. The smallest absolute Gasteiger partial charge is 0.270 e. The second-order valence-electron chi connectivity index (χ2n) is 6.76. The van der Waals surface area contributed by atoms with Gasteiger partial charge in [-0.1, -0.05) is 23.9 Å². The van der Waals surface area contributed by atoms with Gasteiger partial charge in [-0.3, -0.25) is 14.4 Å². The number of benzene rings is 2. The summed E-state index contributed by atoms with van der Waals surface area (Å²) in [6.07, 6.45) is 0.973. The first kappa shape index (κ1) is 24.2. The Labute approximate surface area is 194 Å². The summed E-state index contributed by atoms with van der Waals surface area (Å²) < 4.78 is 30.9. The molecule has 1 amide bonds. The largest absolute Gasteiger partial charge is 0.494 e. The zero-order valence-electron chi connectivity index (χ0n) is 17.8. The Hall–Kier alpha value is -3.44.